The molecule has 0 bridgehead atoms. The Balaban J connectivity index is 2.17. The van der Waals surface area contributed by atoms with Crippen LogP contribution in [-0.2, 0) is 0 Å². The largest absolute Gasteiger partial charge is 0.337 e. The van der Waals surface area contributed by atoms with Crippen LogP contribution < -0.4 is 5.32 Å². The average molecular weight is 315 g/mol. The van der Waals surface area contributed by atoms with E-state index in [4.69, 9.17) is 0 Å². The third kappa shape index (κ3) is 2.90. The second-order valence-electron chi connectivity index (χ2n) is 4.50. The highest BCUT2D eigenvalue weighted by atomic mass is 79.9. The molecule has 5 heteroatoms. The van der Waals surface area contributed by atoms with Gasteiger partial charge in [0.05, 0.1) is 5.56 Å². The van der Waals surface area contributed by atoms with Crippen LogP contribution in [0.5, 0.6) is 0 Å². The molecule has 1 aromatic rings. The van der Waals surface area contributed by atoms with Crippen LogP contribution in [0.25, 0.3) is 0 Å². The number of likely N-dealkylation sites (tertiary alicyclic amines) is 1. The van der Waals surface area contributed by atoms with E-state index >= 15 is 0 Å². The topological polar surface area (TPSA) is 32.3 Å². The molecule has 1 saturated heterocycles. The number of carbonyl (C=O) groups is 1. The Labute approximate surface area is 114 Å². The van der Waals surface area contributed by atoms with Crippen molar-refractivity contribution in [1.29, 1.82) is 0 Å². The van der Waals surface area contributed by atoms with Gasteiger partial charge < -0.3 is 10.2 Å². The number of nitrogens with one attached hydrogen (secondary N) is 1. The molecule has 0 spiro atoms. The summed E-state index contributed by atoms with van der Waals surface area (Å²) in [5.74, 6) is -0.691. The molecular weight excluding hydrogens is 299 g/mol. The molecule has 1 atom stereocenters. The Morgan fingerprint density at radius 1 is 1.56 bits per heavy atom. The van der Waals surface area contributed by atoms with Gasteiger partial charge in [0, 0.05) is 23.6 Å². The number of likely N-dealkylation sites (N-methyl/N-ethyl adjacent to an activating group) is 1. The number of piperidine rings is 1. The number of rotatable bonds is 2. The van der Waals surface area contributed by atoms with Gasteiger partial charge in [0.1, 0.15) is 5.82 Å². The van der Waals surface area contributed by atoms with E-state index in [9.17, 15) is 9.18 Å². The fourth-order valence-electron chi connectivity index (χ4n) is 2.23. The number of carbonyl (C=O) groups excluding carboxylic acids is 1. The van der Waals surface area contributed by atoms with E-state index in [1.54, 1.807) is 17.0 Å². The van der Waals surface area contributed by atoms with Crippen molar-refractivity contribution >= 4 is 21.8 Å². The zero-order chi connectivity index (χ0) is 13.1. The first-order valence-electron chi connectivity index (χ1n) is 6.03. The molecular formula is C13H16BrFN2O. The molecule has 1 fully saturated rings. The molecule has 0 unspecified atom stereocenters. The first-order valence-corrected chi connectivity index (χ1v) is 6.82. The second kappa shape index (κ2) is 5.80. The summed E-state index contributed by atoms with van der Waals surface area (Å²) >= 11 is 3.26. The summed E-state index contributed by atoms with van der Waals surface area (Å²) in [7, 11) is 1.89. The Bertz CT molecular complexity index is 453. The van der Waals surface area contributed by atoms with E-state index in [0.29, 0.717) is 19.1 Å². The lowest BCUT2D eigenvalue weighted by atomic mass is 10.0. The van der Waals surface area contributed by atoms with Crippen LogP contribution in [-0.4, -0.2) is 37.0 Å². The molecule has 3 nitrogen and oxygen atoms in total. The van der Waals surface area contributed by atoms with Gasteiger partial charge in [-0.15, -0.1) is 0 Å². The van der Waals surface area contributed by atoms with Gasteiger partial charge in [0.25, 0.3) is 5.91 Å². The van der Waals surface area contributed by atoms with Gasteiger partial charge in [-0.3, -0.25) is 4.79 Å². The number of hydrogen-bond acceptors (Lipinski definition) is 2. The minimum absolute atomic E-state index is 0.140. The van der Waals surface area contributed by atoms with Gasteiger partial charge in [-0.05, 0) is 38.1 Å². The molecule has 1 amide bonds. The highest BCUT2D eigenvalue weighted by Gasteiger charge is 2.25. The zero-order valence-corrected chi connectivity index (χ0v) is 11.8. The molecule has 98 valence electrons. The maximum atomic E-state index is 13.7. The van der Waals surface area contributed by atoms with E-state index in [1.807, 2.05) is 7.05 Å². The van der Waals surface area contributed by atoms with Crippen molar-refractivity contribution in [2.45, 2.75) is 18.9 Å². The SMILES string of the molecule is CN[C@H]1CCCN(C(=O)c2cc(Br)ccc2F)C1. The summed E-state index contributed by atoms with van der Waals surface area (Å²) in [6, 6.07) is 4.76. The average Bonchev–Trinajstić information content (AvgIpc) is 2.41. The van der Waals surface area contributed by atoms with E-state index in [2.05, 4.69) is 21.2 Å². The van der Waals surface area contributed by atoms with Gasteiger partial charge in [-0.2, -0.15) is 0 Å². The predicted octanol–water partition coefficient (Wildman–Crippen LogP) is 2.41. The summed E-state index contributed by atoms with van der Waals surface area (Å²) in [6.45, 7) is 1.34. The highest BCUT2D eigenvalue weighted by molar-refractivity contribution is 9.10. The predicted molar refractivity (Wildman–Crippen MR) is 72.1 cm³/mol. The normalized spacial score (nSPS) is 19.9. The Morgan fingerprint density at radius 3 is 3.06 bits per heavy atom. The van der Waals surface area contributed by atoms with Gasteiger partial charge in [-0.25, -0.2) is 4.39 Å². The Hall–Kier alpha value is -0.940. The number of nitrogens with zero attached hydrogens (tertiary/aromatic N) is 1. The molecule has 0 radical (unpaired) electrons. The summed E-state index contributed by atoms with van der Waals surface area (Å²) in [4.78, 5) is 14.0. The van der Waals surface area contributed by atoms with Crippen molar-refractivity contribution in [3.8, 4) is 0 Å². The van der Waals surface area contributed by atoms with Crippen LogP contribution >= 0.6 is 15.9 Å². The first-order chi connectivity index (χ1) is 8.61. The molecule has 1 aromatic carbocycles. The van der Waals surface area contributed by atoms with Crippen LogP contribution in [0.3, 0.4) is 0 Å². The molecule has 0 saturated carbocycles. The fourth-order valence-corrected chi connectivity index (χ4v) is 2.59. The lowest BCUT2D eigenvalue weighted by Gasteiger charge is -2.32. The molecule has 0 aromatic heterocycles. The highest BCUT2D eigenvalue weighted by Crippen LogP contribution is 2.19. The minimum atomic E-state index is -0.463. The fraction of sp³-hybridized carbons (Fsp3) is 0.462. The zero-order valence-electron chi connectivity index (χ0n) is 10.2. The van der Waals surface area contributed by atoms with E-state index < -0.39 is 5.82 Å². The summed E-state index contributed by atoms with van der Waals surface area (Å²) < 4.78 is 14.4. The quantitative estimate of drug-likeness (QED) is 0.909. The van der Waals surface area contributed by atoms with E-state index in [1.165, 1.54) is 6.07 Å². The number of benzene rings is 1. The minimum Gasteiger partial charge on any atom is -0.337 e. The van der Waals surface area contributed by atoms with Crippen molar-refractivity contribution in [2.24, 2.45) is 0 Å². The Kier molecular flexibility index (Phi) is 4.35. The standard InChI is InChI=1S/C13H16BrFN2O/c1-16-10-3-2-6-17(8-10)13(18)11-7-9(14)4-5-12(11)15/h4-5,7,10,16H,2-3,6,8H2,1H3/t10-/m0/s1. The molecule has 1 heterocycles. The third-order valence-electron chi connectivity index (χ3n) is 3.28. The van der Waals surface area contributed by atoms with Crippen molar-refractivity contribution in [2.75, 3.05) is 20.1 Å². The van der Waals surface area contributed by atoms with Crippen LogP contribution in [0.1, 0.15) is 23.2 Å². The van der Waals surface area contributed by atoms with E-state index in [-0.39, 0.29) is 11.5 Å². The second-order valence-corrected chi connectivity index (χ2v) is 5.42. The van der Waals surface area contributed by atoms with Crippen LogP contribution in [0.4, 0.5) is 4.39 Å². The van der Waals surface area contributed by atoms with E-state index in [0.717, 1.165) is 17.3 Å². The lowest BCUT2D eigenvalue weighted by Crippen LogP contribution is -2.47. The maximum Gasteiger partial charge on any atom is 0.256 e. The van der Waals surface area contributed by atoms with Crippen molar-refractivity contribution in [3.63, 3.8) is 0 Å². The molecule has 18 heavy (non-hydrogen) atoms. The number of amides is 1. The first kappa shape index (κ1) is 13.5. The third-order valence-corrected chi connectivity index (χ3v) is 3.77. The van der Waals surface area contributed by atoms with Gasteiger partial charge >= 0.3 is 0 Å². The van der Waals surface area contributed by atoms with Crippen molar-refractivity contribution in [3.05, 3.63) is 34.1 Å². The lowest BCUT2D eigenvalue weighted by molar-refractivity contribution is 0.0693. The molecule has 1 aliphatic heterocycles. The van der Waals surface area contributed by atoms with Gasteiger partial charge in [-0.1, -0.05) is 15.9 Å². The summed E-state index contributed by atoms with van der Waals surface area (Å²) in [5.41, 5.74) is 0.140. The van der Waals surface area contributed by atoms with Gasteiger partial charge in [0.2, 0.25) is 0 Å². The van der Waals surface area contributed by atoms with Crippen LogP contribution in [0.2, 0.25) is 0 Å². The summed E-state index contributed by atoms with van der Waals surface area (Å²) in [6.07, 6.45) is 2.01. The van der Waals surface area contributed by atoms with Crippen LogP contribution in [0, 0.1) is 5.82 Å². The van der Waals surface area contributed by atoms with Crippen molar-refractivity contribution < 1.29 is 9.18 Å². The smallest absolute Gasteiger partial charge is 0.256 e. The maximum absolute atomic E-state index is 13.7. The van der Waals surface area contributed by atoms with Gasteiger partial charge in [0.15, 0.2) is 0 Å². The number of hydrogen-bond donors (Lipinski definition) is 1. The number of halogens is 2. The van der Waals surface area contributed by atoms with Crippen LogP contribution in [0.15, 0.2) is 22.7 Å². The molecule has 1 N–H and O–H groups in total. The molecule has 1 aliphatic rings. The van der Waals surface area contributed by atoms with Crippen molar-refractivity contribution in [1.82, 2.24) is 10.2 Å². The molecule has 2 rings (SSSR count). The monoisotopic (exact) mass is 314 g/mol. The summed E-state index contributed by atoms with van der Waals surface area (Å²) in [5, 5.41) is 3.17. The molecule has 0 aliphatic carbocycles. The Morgan fingerprint density at radius 2 is 2.33 bits per heavy atom.